The van der Waals surface area contributed by atoms with Crippen LogP contribution in [0.15, 0.2) is 18.2 Å². The SMILES string of the molecule is CCCC(C)OC(C)C(=O)Nc1ccc(F)c(N)c1. The van der Waals surface area contributed by atoms with Gasteiger partial charge in [0.15, 0.2) is 0 Å². The highest BCUT2D eigenvalue weighted by molar-refractivity contribution is 5.94. The van der Waals surface area contributed by atoms with Gasteiger partial charge in [0.1, 0.15) is 11.9 Å². The smallest absolute Gasteiger partial charge is 0.253 e. The summed E-state index contributed by atoms with van der Waals surface area (Å²) >= 11 is 0. The lowest BCUT2D eigenvalue weighted by Gasteiger charge is -2.18. The van der Waals surface area contributed by atoms with E-state index in [9.17, 15) is 9.18 Å². The van der Waals surface area contributed by atoms with E-state index in [1.165, 1.54) is 18.2 Å². The number of nitrogens with two attached hydrogens (primary N) is 1. The van der Waals surface area contributed by atoms with Gasteiger partial charge in [0, 0.05) is 5.69 Å². The van der Waals surface area contributed by atoms with Gasteiger partial charge in [-0.05, 0) is 38.5 Å². The van der Waals surface area contributed by atoms with E-state index in [0.717, 1.165) is 12.8 Å². The monoisotopic (exact) mass is 268 g/mol. The maximum absolute atomic E-state index is 13.0. The van der Waals surface area contributed by atoms with Crippen LogP contribution in [0.4, 0.5) is 15.8 Å². The zero-order chi connectivity index (χ0) is 14.4. The van der Waals surface area contributed by atoms with Crippen LogP contribution in [0, 0.1) is 5.82 Å². The van der Waals surface area contributed by atoms with Crippen molar-refractivity contribution in [3.63, 3.8) is 0 Å². The third-order valence-electron chi connectivity index (χ3n) is 2.76. The third-order valence-corrected chi connectivity index (χ3v) is 2.76. The van der Waals surface area contributed by atoms with Crippen LogP contribution in [0.2, 0.25) is 0 Å². The van der Waals surface area contributed by atoms with Gasteiger partial charge < -0.3 is 15.8 Å². The number of nitrogen functional groups attached to an aromatic ring is 1. The van der Waals surface area contributed by atoms with Crippen LogP contribution in [-0.4, -0.2) is 18.1 Å². The van der Waals surface area contributed by atoms with Crippen LogP contribution < -0.4 is 11.1 Å². The Morgan fingerprint density at radius 2 is 2.16 bits per heavy atom. The largest absolute Gasteiger partial charge is 0.396 e. The van der Waals surface area contributed by atoms with Crippen molar-refractivity contribution in [3.05, 3.63) is 24.0 Å². The van der Waals surface area contributed by atoms with Crippen LogP contribution in [0.3, 0.4) is 0 Å². The standard InChI is InChI=1S/C14H21FN2O2/c1-4-5-9(2)19-10(3)14(18)17-11-6-7-12(15)13(16)8-11/h6-10H,4-5,16H2,1-3H3,(H,17,18). The Morgan fingerprint density at radius 1 is 1.47 bits per heavy atom. The topological polar surface area (TPSA) is 64.3 Å². The second-order valence-electron chi connectivity index (χ2n) is 4.60. The molecule has 0 aliphatic carbocycles. The fraction of sp³-hybridized carbons (Fsp3) is 0.500. The van der Waals surface area contributed by atoms with Crippen LogP contribution in [0.1, 0.15) is 33.6 Å². The summed E-state index contributed by atoms with van der Waals surface area (Å²) in [5.74, 6) is -0.771. The maximum Gasteiger partial charge on any atom is 0.253 e. The number of benzene rings is 1. The zero-order valence-corrected chi connectivity index (χ0v) is 11.6. The molecular formula is C14H21FN2O2. The average molecular weight is 268 g/mol. The molecule has 4 nitrogen and oxygen atoms in total. The van der Waals surface area contributed by atoms with Crippen molar-refractivity contribution in [2.75, 3.05) is 11.1 Å². The van der Waals surface area contributed by atoms with Crippen LogP contribution >= 0.6 is 0 Å². The number of hydrogen-bond acceptors (Lipinski definition) is 3. The lowest BCUT2D eigenvalue weighted by Crippen LogP contribution is -2.30. The first-order valence-electron chi connectivity index (χ1n) is 6.45. The van der Waals surface area contributed by atoms with Gasteiger partial charge in [-0.1, -0.05) is 13.3 Å². The number of anilines is 2. The first-order chi connectivity index (χ1) is 8.93. The van der Waals surface area contributed by atoms with Crippen molar-refractivity contribution in [2.24, 2.45) is 0 Å². The second kappa shape index (κ2) is 7.09. The molecule has 1 rings (SSSR count). The van der Waals surface area contributed by atoms with Crippen molar-refractivity contribution in [3.8, 4) is 0 Å². The van der Waals surface area contributed by atoms with Gasteiger partial charge in [-0.2, -0.15) is 0 Å². The lowest BCUT2D eigenvalue weighted by atomic mass is 10.2. The van der Waals surface area contributed by atoms with Crippen LogP contribution in [-0.2, 0) is 9.53 Å². The van der Waals surface area contributed by atoms with Crippen molar-refractivity contribution in [1.82, 2.24) is 0 Å². The molecule has 0 aliphatic heterocycles. The summed E-state index contributed by atoms with van der Waals surface area (Å²) in [5, 5.41) is 2.65. The molecule has 2 atom stereocenters. The molecule has 0 saturated heterocycles. The second-order valence-corrected chi connectivity index (χ2v) is 4.60. The highest BCUT2D eigenvalue weighted by Crippen LogP contribution is 2.17. The normalized spacial score (nSPS) is 13.9. The van der Waals surface area contributed by atoms with E-state index in [1.54, 1.807) is 6.92 Å². The van der Waals surface area contributed by atoms with Gasteiger partial charge in [-0.15, -0.1) is 0 Å². The lowest BCUT2D eigenvalue weighted by molar-refractivity contribution is -0.129. The molecule has 19 heavy (non-hydrogen) atoms. The van der Waals surface area contributed by atoms with E-state index in [4.69, 9.17) is 10.5 Å². The maximum atomic E-state index is 13.0. The first kappa shape index (κ1) is 15.4. The van der Waals surface area contributed by atoms with E-state index in [-0.39, 0.29) is 17.7 Å². The summed E-state index contributed by atoms with van der Waals surface area (Å²) < 4.78 is 18.6. The molecule has 1 aromatic carbocycles. The quantitative estimate of drug-likeness (QED) is 0.780. The van der Waals surface area contributed by atoms with Gasteiger partial charge in [-0.3, -0.25) is 4.79 Å². The van der Waals surface area contributed by atoms with Crippen molar-refractivity contribution in [2.45, 2.75) is 45.8 Å². The van der Waals surface area contributed by atoms with Gasteiger partial charge in [0.2, 0.25) is 0 Å². The number of hydrogen-bond donors (Lipinski definition) is 2. The summed E-state index contributed by atoms with van der Waals surface area (Å²) in [6.07, 6.45) is 1.38. The van der Waals surface area contributed by atoms with E-state index < -0.39 is 11.9 Å². The summed E-state index contributed by atoms with van der Waals surface area (Å²) in [7, 11) is 0. The summed E-state index contributed by atoms with van der Waals surface area (Å²) in [6.45, 7) is 5.68. The Morgan fingerprint density at radius 3 is 2.74 bits per heavy atom. The van der Waals surface area contributed by atoms with Crippen molar-refractivity contribution in [1.29, 1.82) is 0 Å². The molecule has 3 N–H and O–H groups in total. The Balaban J connectivity index is 2.56. The number of rotatable bonds is 6. The number of nitrogens with one attached hydrogen (secondary N) is 1. The Kier molecular flexibility index (Phi) is 5.76. The van der Waals surface area contributed by atoms with Gasteiger partial charge in [0.05, 0.1) is 11.8 Å². The average Bonchev–Trinajstić information content (AvgIpc) is 2.34. The summed E-state index contributed by atoms with van der Waals surface area (Å²) in [4.78, 5) is 11.9. The Labute approximate surface area is 113 Å². The number of halogens is 1. The minimum absolute atomic E-state index is 0.00530. The molecule has 0 aliphatic rings. The van der Waals surface area contributed by atoms with Crippen molar-refractivity contribution >= 4 is 17.3 Å². The molecule has 5 heteroatoms. The minimum Gasteiger partial charge on any atom is -0.396 e. The van der Waals surface area contributed by atoms with Gasteiger partial charge >= 0.3 is 0 Å². The number of carbonyl (C=O) groups is 1. The zero-order valence-electron chi connectivity index (χ0n) is 11.6. The van der Waals surface area contributed by atoms with Gasteiger partial charge in [0.25, 0.3) is 5.91 Å². The Bertz CT molecular complexity index is 437. The molecule has 0 aromatic heterocycles. The van der Waals surface area contributed by atoms with E-state index in [0.29, 0.717) is 5.69 Å². The molecule has 1 aromatic rings. The number of ether oxygens (including phenoxy) is 1. The fourth-order valence-corrected chi connectivity index (χ4v) is 1.75. The van der Waals surface area contributed by atoms with Crippen LogP contribution in [0.5, 0.6) is 0 Å². The van der Waals surface area contributed by atoms with Crippen molar-refractivity contribution < 1.29 is 13.9 Å². The van der Waals surface area contributed by atoms with E-state index in [2.05, 4.69) is 12.2 Å². The molecule has 0 bridgehead atoms. The van der Waals surface area contributed by atoms with Gasteiger partial charge in [-0.25, -0.2) is 4.39 Å². The highest BCUT2D eigenvalue weighted by atomic mass is 19.1. The molecule has 2 unspecified atom stereocenters. The minimum atomic E-state index is -0.562. The molecule has 106 valence electrons. The molecule has 1 amide bonds. The Hall–Kier alpha value is -1.62. The predicted octanol–water partition coefficient (Wildman–Crippen LogP) is 2.94. The molecule has 0 heterocycles. The first-order valence-corrected chi connectivity index (χ1v) is 6.45. The summed E-state index contributed by atoms with van der Waals surface area (Å²) in [5.41, 5.74) is 5.90. The highest BCUT2D eigenvalue weighted by Gasteiger charge is 2.16. The number of amides is 1. The molecule has 0 radical (unpaired) electrons. The molecule has 0 fully saturated rings. The van der Waals surface area contributed by atoms with Crippen LogP contribution in [0.25, 0.3) is 0 Å². The third kappa shape index (κ3) is 4.87. The predicted molar refractivity (Wildman–Crippen MR) is 74.4 cm³/mol. The molecule has 0 saturated carbocycles. The van der Waals surface area contributed by atoms with E-state index >= 15 is 0 Å². The fourth-order valence-electron chi connectivity index (χ4n) is 1.75. The molecule has 0 spiro atoms. The summed E-state index contributed by atoms with van der Waals surface area (Å²) in [6, 6.07) is 4.07. The van der Waals surface area contributed by atoms with E-state index in [1.807, 2.05) is 6.92 Å². The number of carbonyl (C=O) groups excluding carboxylic acids is 1. The molecular weight excluding hydrogens is 247 g/mol.